The summed E-state index contributed by atoms with van der Waals surface area (Å²) in [5.74, 6) is -0.415. The molecule has 0 N–H and O–H groups in total. The van der Waals surface area contributed by atoms with E-state index in [-0.39, 0.29) is 0 Å². The smallest absolute Gasteiger partial charge is 0.175 e. The molecule has 516 valence electrons. The van der Waals surface area contributed by atoms with Crippen LogP contribution < -0.4 is 0 Å². The first-order valence-electron chi connectivity index (χ1n) is 37.6. The van der Waals surface area contributed by atoms with Gasteiger partial charge in [0.25, 0.3) is 0 Å². The van der Waals surface area contributed by atoms with Crippen LogP contribution in [-0.4, -0.2) is 18.3 Å². The van der Waals surface area contributed by atoms with Crippen LogP contribution in [0.5, 0.6) is 0 Å². The molecule has 9 heteroatoms. The van der Waals surface area contributed by atoms with Crippen molar-refractivity contribution in [1.29, 1.82) is 0 Å². The lowest BCUT2D eigenvalue weighted by Gasteiger charge is -2.24. The molecule has 0 saturated heterocycles. The number of benzene rings is 17. The van der Waals surface area contributed by atoms with Crippen molar-refractivity contribution in [3.63, 3.8) is 0 Å². The van der Waals surface area contributed by atoms with Gasteiger partial charge in [-0.1, -0.05) is 194 Å². The van der Waals surface area contributed by atoms with Crippen LogP contribution in [0.4, 0.5) is 4.39 Å². The maximum absolute atomic E-state index is 21.9. The van der Waals surface area contributed by atoms with Crippen molar-refractivity contribution >= 4 is 175 Å². The monoisotopic (exact) mass is 1420 g/mol. The van der Waals surface area contributed by atoms with Gasteiger partial charge < -0.3 is 35.9 Å². The number of nitrogens with zero attached hydrogens (tertiary/aromatic N) is 4. The van der Waals surface area contributed by atoms with Crippen LogP contribution in [0.25, 0.3) is 242 Å². The van der Waals surface area contributed by atoms with Gasteiger partial charge >= 0.3 is 0 Å². The Morgan fingerprint density at radius 3 is 0.640 bits per heavy atom. The van der Waals surface area contributed by atoms with E-state index in [0.717, 1.165) is 219 Å². The third-order valence-corrected chi connectivity index (χ3v) is 23.6. The Balaban J connectivity index is 0.802. The Hall–Kier alpha value is -14.9. The van der Waals surface area contributed by atoms with Crippen molar-refractivity contribution in [3.05, 3.63) is 352 Å². The SMILES string of the molecule is Fc1c(-n2c3ccccc3c3cc(-c4ccc5oc6ccccc6c5c4)ccc32)c(-n2c3ccccc3c3cc(-c4ccc5oc6ccccc6c5c4)ccc32)cc(-n2c3ccccc3c3cc(-c4ccc5oc6ccccc6c5c4)ccc32)c1-n1c2ccccc2c2cc(-c3ccc4oc5ccccc5c4c3)ccc21. The van der Waals surface area contributed by atoms with Crippen LogP contribution in [0, 0.1) is 5.82 Å². The molecular weight excluding hydrogens is 1360 g/mol. The second-order valence-corrected chi connectivity index (χ2v) is 29.5. The highest BCUT2D eigenvalue weighted by atomic mass is 19.1. The molecule has 8 aromatic heterocycles. The molecule has 0 spiro atoms. The number of hydrogen-bond donors (Lipinski definition) is 0. The summed E-state index contributed by atoms with van der Waals surface area (Å²) in [6, 6.07) is 122. The van der Waals surface area contributed by atoms with Gasteiger partial charge in [0.05, 0.1) is 55.5 Å². The fraction of sp³-hybridized carbons (Fsp3) is 0. The minimum absolute atomic E-state index is 0.386. The molecule has 0 fully saturated rings. The average Bonchev–Trinajstić information content (AvgIpc) is 1.56. The molecule has 0 atom stereocenters. The van der Waals surface area contributed by atoms with Gasteiger partial charge in [0.15, 0.2) is 5.82 Å². The molecule has 0 unspecified atom stereocenters. The molecule has 0 saturated carbocycles. The number of aromatic nitrogens is 4. The summed E-state index contributed by atoms with van der Waals surface area (Å²) >= 11 is 0. The summed E-state index contributed by atoms with van der Waals surface area (Å²) in [6.07, 6.45) is 0. The standard InChI is InChI=1S/C102H57FN4O4/c103-100-101(106-84-27-11-3-19-68(84)76-51-60(35-43-88(76)106)64-39-47-98-80(55-64)72-23-7-15-31-94(72)110-98)90(104-82-25-9-1-17-66(82)74-49-58(33-41-86(74)104)62-37-45-96-78(53-62)70-21-5-13-29-92(70)108-96)57-91(105-83-26-10-2-18-67(83)75-50-59(34-42-87(75)105)63-38-46-97-79(54-63)71-22-6-14-30-93(71)109-97)102(100)107-85-28-12-4-20-69(85)77-52-61(36-44-89(77)107)65-40-48-99-81(56-65)73-24-8-16-32-95(73)111-99/h1-57H. The zero-order chi connectivity index (χ0) is 72.4. The quantitative estimate of drug-likeness (QED) is 0.152. The van der Waals surface area contributed by atoms with E-state index in [1.54, 1.807) is 0 Å². The molecule has 25 aromatic rings. The predicted molar refractivity (Wildman–Crippen MR) is 455 cm³/mol. The van der Waals surface area contributed by atoms with Crippen molar-refractivity contribution in [2.45, 2.75) is 0 Å². The van der Waals surface area contributed by atoms with Gasteiger partial charge in [0.1, 0.15) is 56.0 Å². The van der Waals surface area contributed by atoms with E-state index in [0.29, 0.717) is 22.7 Å². The van der Waals surface area contributed by atoms with E-state index >= 15 is 4.39 Å². The molecule has 111 heavy (non-hydrogen) atoms. The van der Waals surface area contributed by atoms with Gasteiger partial charge in [-0.25, -0.2) is 4.39 Å². The van der Waals surface area contributed by atoms with Gasteiger partial charge in [-0.15, -0.1) is 0 Å². The number of fused-ring (bicyclic) bond motifs is 24. The van der Waals surface area contributed by atoms with Crippen LogP contribution in [-0.2, 0) is 0 Å². The van der Waals surface area contributed by atoms with E-state index < -0.39 is 5.82 Å². The summed E-state index contributed by atoms with van der Waals surface area (Å²) in [5.41, 5.74) is 24.2. The minimum atomic E-state index is -0.415. The number of hydrogen-bond acceptors (Lipinski definition) is 4. The summed E-state index contributed by atoms with van der Waals surface area (Å²) in [7, 11) is 0. The number of halogens is 1. The number of para-hydroxylation sites is 8. The van der Waals surface area contributed by atoms with Gasteiger partial charge in [0, 0.05) is 86.2 Å². The highest BCUT2D eigenvalue weighted by Crippen LogP contribution is 2.50. The Bertz CT molecular complexity index is 7900. The Kier molecular flexibility index (Phi) is 12.2. The summed E-state index contributed by atoms with van der Waals surface area (Å²) in [4.78, 5) is 0. The Morgan fingerprint density at radius 2 is 0.360 bits per heavy atom. The highest BCUT2D eigenvalue weighted by Gasteiger charge is 2.32. The first-order chi connectivity index (χ1) is 54.9. The molecule has 8 nitrogen and oxygen atoms in total. The maximum Gasteiger partial charge on any atom is 0.175 e. The lowest BCUT2D eigenvalue weighted by molar-refractivity contribution is 0.612. The average molecular weight is 1420 g/mol. The van der Waals surface area contributed by atoms with Gasteiger partial charge in [-0.05, 0) is 196 Å². The first-order valence-corrected chi connectivity index (χ1v) is 37.6. The van der Waals surface area contributed by atoms with E-state index in [1.807, 2.05) is 48.5 Å². The van der Waals surface area contributed by atoms with Gasteiger partial charge in [-0.3, -0.25) is 0 Å². The topological polar surface area (TPSA) is 72.3 Å². The lowest BCUT2D eigenvalue weighted by atomic mass is 10.0. The van der Waals surface area contributed by atoms with Crippen LogP contribution in [0.3, 0.4) is 0 Å². The van der Waals surface area contributed by atoms with Gasteiger partial charge in [-0.2, -0.15) is 0 Å². The van der Waals surface area contributed by atoms with Gasteiger partial charge in [0.2, 0.25) is 0 Å². The van der Waals surface area contributed by atoms with Crippen molar-refractivity contribution < 1.29 is 22.1 Å². The van der Waals surface area contributed by atoms with E-state index in [2.05, 4.69) is 316 Å². The summed E-state index contributed by atoms with van der Waals surface area (Å²) in [6.45, 7) is 0. The highest BCUT2D eigenvalue weighted by molar-refractivity contribution is 6.18. The minimum Gasteiger partial charge on any atom is -0.456 e. The van der Waals surface area contributed by atoms with E-state index in [9.17, 15) is 0 Å². The first kappa shape index (κ1) is 60.2. The largest absolute Gasteiger partial charge is 0.456 e. The second kappa shape index (κ2) is 22.6. The molecule has 0 radical (unpaired) electrons. The summed E-state index contributed by atoms with van der Waals surface area (Å²) < 4.78 is 56.4. The normalized spacial score (nSPS) is 12.4. The lowest BCUT2D eigenvalue weighted by Crippen LogP contribution is -2.14. The van der Waals surface area contributed by atoms with E-state index in [1.165, 1.54) is 0 Å². The van der Waals surface area contributed by atoms with Crippen LogP contribution in [0.2, 0.25) is 0 Å². The molecule has 0 bridgehead atoms. The Morgan fingerprint density at radius 1 is 0.162 bits per heavy atom. The zero-order valence-corrected chi connectivity index (χ0v) is 59.2. The molecule has 8 heterocycles. The molecule has 25 rings (SSSR count). The van der Waals surface area contributed by atoms with Crippen LogP contribution >= 0.6 is 0 Å². The Labute approximate surface area is 630 Å². The van der Waals surface area contributed by atoms with Crippen LogP contribution in [0.1, 0.15) is 0 Å². The molecule has 0 aliphatic heterocycles. The molecule has 0 aliphatic carbocycles. The fourth-order valence-corrected chi connectivity index (χ4v) is 18.6. The van der Waals surface area contributed by atoms with Crippen molar-refractivity contribution in [3.8, 4) is 67.3 Å². The van der Waals surface area contributed by atoms with Crippen molar-refractivity contribution in [1.82, 2.24) is 18.3 Å². The fourth-order valence-electron chi connectivity index (χ4n) is 18.6. The maximum atomic E-state index is 21.9. The third kappa shape index (κ3) is 8.62. The van der Waals surface area contributed by atoms with Crippen molar-refractivity contribution in [2.24, 2.45) is 0 Å². The molecule has 0 amide bonds. The predicted octanol–water partition coefficient (Wildman–Crippen LogP) is 28.5. The zero-order valence-electron chi connectivity index (χ0n) is 59.2. The summed E-state index contributed by atoms with van der Waals surface area (Å²) in [5, 5.41) is 16.5. The third-order valence-electron chi connectivity index (χ3n) is 23.6. The molecule has 17 aromatic carbocycles. The second-order valence-electron chi connectivity index (χ2n) is 29.5. The number of rotatable bonds is 8. The number of furan rings is 4. The molecule has 0 aliphatic rings. The molecular formula is C102H57FN4O4. The van der Waals surface area contributed by atoms with Crippen LogP contribution in [0.15, 0.2) is 363 Å². The van der Waals surface area contributed by atoms with Crippen molar-refractivity contribution in [2.75, 3.05) is 0 Å². The van der Waals surface area contributed by atoms with E-state index in [4.69, 9.17) is 17.7 Å².